The van der Waals surface area contributed by atoms with Gasteiger partial charge in [-0.25, -0.2) is 4.79 Å². The summed E-state index contributed by atoms with van der Waals surface area (Å²) >= 11 is 0. The van der Waals surface area contributed by atoms with E-state index in [4.69, 9.17) is 14.6 Å². The second kappa shape index (κ2) is 8.78. The molecule has 0 bridgehead atoms. The van der Waals surface area contributed by atoms with Crippen LogP contribution in [0, 0.1) is 0 Å². The van der Waals surface area contributed by atoms with Crippen LogP contribution in [0.2, 0.25) is 0 Å². The minimum absolute atomic E-state index is 0.0575. The van der Waals surface area contributed by atoms with Gasteiger partial charge in [0.15, 0.2) is 17.3 Å². The molecule has 0 amide bonds. The molecule has 0 aliphatic heterocycles. The van der Waals surface area contributed by atoms with Crippen LogP contribution >= 0.6 is 0 Å². The smallest absolute Gasteiger partial charge is 0.335 e. The van der Waals surface area contributed by atoms with E-state index in [2.05, 4.69) is 0 Å². The number of ketones is 1. The molecule has 0 aliphatic rings. The van der Waals surface area contributed by atoms with Crippen molar-refractivity contribution in [2.24, 2.45) is 0 Å². The third kappa shape index (κ3) is 6.38. The lowest BCUT2D eigenvalue weighted by Gasteiger charge is -2.10. The number of rotatable bonds is 8. The van der Waals surface area contributed by atoms with E-state index in [1.165, 1.54) is 19.2 Å². The molecule has 0 radical (unpaired) electrons. The summed E-state index contributed by atoms with van der Waals surface area (Å²) in [6.07, 6.45) is 3.79. The molecule has 0 heterocycles. The number of carboxylic acid groups (broad SMARTS) is 1. The molecule has 5 nitrogen and oxygen atoms in total. The molecule has 0 aromatic heterocycles. The fraction of sp³-hybridized carbons (Fsp3) is 0.333. The largest absolute Gasteiger partial charge is 0.493 e. The zero-order valence-electron chi connectivity index (χ0n) is 13.9. The van der Waals surface area contributed by atoms with Gasteiger partial charge in [-0.3, -0.25) is 4.79 Å². The van der Waals surface area contributed by atoms with Crippen molar-refractivity contribution in [3.8, 4) is 11.5 Å². The summed E-state index contributed by atoms with van der Waals surface area (Å²) in [6, 6.07) is 4.42. The van der Waals surface area contributed by atoms with E-state index in [0.717, 1.165) is 11.1 Å². The fourth-order valence-corrected chi connectivity index (χ4v) is 1.91. The van der Waals surface area contributed by atoms with Crippen LogP contribution in [0.25, 0.3) is 0 Å². The van der Waals surface area contributed by atoms with Crippen molar-refractivity contribution in [3.05, 3.63) is 47.1 Å². The summed E-state index contributed by atoms with van der Waals surface area (Å²) in [4.78, 5) is 22.6. The Bertz CT molecular complexity index is 637. The predicted molar refractivity (Wildman–Crippen MR) is 88.3 cm³/mol. The van der Waals surface area contributed by atoms with Crippen molar-refractivity contribution in [3.63, 3.8) is 0 Å². The van der Waals surface area contributed by atoms with Crippen LogP contribution in [0.4, 0.5) is 0 Å². The third-order valence-corrected chi connectivity index (χ3v) is 2.98. The number of carboxylic acids is 1. The van der Waals surface area contributed by atoms with Gasteiger partial charge in [0, 0.05) is 6.42 Å². The van der Waals surface area contributed by atoms with Gasteiger partial charge in [0.25, 0.3) is 0 Å². The molecule has 0 fully saturated rings. The van der Waals surface area contributed by atoms with Gasteiger partial charge >= 0.3 is 5.97 Å². The topological polar surface area (TPSA) is 72.8 Å². The standard InChI is InChI=1S/C18H22O5/c1-12(2)9-15(19)10-13(3)7-8-23-16-6-5-14(18(20)21)11-17(16)22-4/h5-7,9,11H,8,10H2,1-4H3,(H,20,21). The molecule has 23 heavy (non-hydrogen) atoms. The molecule has 0 spiro atoms. The fourth-order valence-electron chi connectivity index (χ4n) is 1.91. The summed E-state index contributed by atoms with van der Waals surface area (Å²) in [5.74, 6) is -0.153. The highest BCUT2D eigenvalue weighted by atomic mass is 16.5. The molecule has 1 aromatic rings. The lowest BCUT2D eigenvalue weighted by Crippen LogP contribution is -2.02. The molecule has 124 valence electrons. The quantitative estimate of drug-likeness (QED) is 0.585. The number of methoxy groups -OCH3 is 1. The van der Waals surface area contributed by atoms with E-state index in [1.54, 1.807) is 12.1 Å². The maximum Gasteiger partial charge on any atom is 0.335 e. The Hall–Kier alpha value is -2.56. The first-order valence-electron chi connectivity index (χ1n) is 7.21. The molecule has 1 rings (SSSR count). The van der Waals surface area contributed by atoms with E-state index < -0.39 is 5.97 Å². The minimum atomic E-state index is -1.02. The number of carbonyl (C=O) groups is 2. The molecule has 0 atom stereocenters. The van der Waals surface area contributed by atoms with Gasteiger partial charge in [0.2, 0.25) is 0 Å². The van der Waals surface area contributed by atoms with E-state index in [-0.39, 0.29) is 18.0 Å². The van der Waals surface area contributed by atoms with Crippen LogP contribution in [-0.4, -0.2) is 30.6 Å². The Labute approximate surface area is 136 Å². The number of hydrogen-bond acceptors (Lipinski definition) is 4. The maximum absolute atomic E-state index is 11.7. The van der Waals surface area contributed by atoms with E-state index in [0.29, 0.717) is 17.9 Å². The summed E-state index contributed by atoms with van der Waals surface area (Å²) < 4.78 is 10.7. The van der Waals surface area contributed by atoms with Gasteiger partial charge in [-0.2, -0.15) is 0 Å². The zero-order chi connectivity index (χ0) is 17.4. The lowest BCUT2D eigenvalue weighted by molar-refractivity contribution is -0.114. The summed E-state index contributed by atoms with van der Waals surface area (Å²) in [6.45, 7) is 5.90. The normalized spacial score (nSPS) is 10.9. The SMILES string of the molecule is COc1cc(C(=O)O)ccc1OCC=C(C)CC(=O)C=C(C)C. The number of benzene rings is 1. The van der Waals surface area contributed by atoms with E-state index >= 15 is 0 Å². The Morgan fingerprint density at radius 1 is 1.17 bits per heavy atom. The third-order valence-electron chi connectivity index (χ3n) is 2.98. The number of hydrogen-bond donors (Lipinski definition) is 1. The van der Waals surface area contributed by atoms with Crippen LogP contribution in [0.1, 0.15) is 37.6 Å². The Morgan fingerprint density at radius 3 is 2.43 bits per heavy atom. The average Bonchev–Trinajstić information content (AvgIpc) is 2.46. The highest BCUT2D eigenvalue weighted by molar-refractivity contribution is 5.91. The van der Waals surface area contributed by atoms with Crippen LogP contribution in [-0.2, 0) is 4.79 Å². The van der Waals surface area contributed by atoms with Gasteiger partial charge in [-0.05, 0) is 51.1 Å². The van der Waals surface area contributed by atoms with Crippen LogP contribution < -0.4 is 9.47 Å². The van der Waals surface area contributed by atoms with Gasteiger partial charge in [0.05, 0.1) is 12.7 Å². The summed E-state index contributed by atoms with van der Waals surface area (Å²) in [5.41, 5.74) is 2.02. The monoisotopic (exact) mass is 318 g/mol. The van der Waals surface area contributed by atoms with Gasteiger partial charge in [-0.15, -0.1) is 0 Å². The molecule has 1 aromatic carbocycles. The van der Waals surface area contributed by atoms with Crippen LogP contribution in [0.15, 0.2) is 41.5 Å². The van der Waals surface area contributed by atoms with Crippen molar-refractivity contribution in [1.82, 2.24) is 0 Å². The molecule has 0 saturated heterocycles. The second-order valence-corrected chi connectivity index (χ2v) is 5.40. The average molecular weight is 318 g/mol. The first-order chi connectivity index (χ1) is 10.8. The Morgan fingerprint density at radius 2 is 1.87 bits per heavy atom. The molecular weight excluding hydrogens is 296 g/mol. The van der Waals surface area contributed by atoms with E-state index in [1.807, 2.05) is 26.8 Å². The first-order valence-corrected chi connectivity index (χ1v) is 7.21. The predicted octanol–water partition coefficient (Wildman–Crippen LogP) is 3.64. The first kappa shape index (κ1) is 18.5. The zero-order valence-corrected chi connectivity index (χ0v) is 13.9. The van der Waals surface area contributed by atoms with E-state index in [9.17, 15) is 9.59 Å². The van der Waals surface area contributed by atoms with Crippen molar-refractivity contribution in [2.45, 2.75) is 27.2 Å². The minimum Gasteiger partial charge on any atom is -0.493 e. The lowest BCUT2D eigenvalue weighted by atomic mass is 10.1. The highest BCUT2D eigenvalue weighted by Gasteiger charge is 2.09. The summed E-state index contributed by atoms with van der Waals surface area (Å²) in [5, 5.41) is 8.95. The molecule has 0 aliphatic carbocycles. The second-order valence-electron chi connectivity index (χ2n) is 5.40. The molecule has 5 heteroatoms. The summed E-state index contributed by atoms with van der Waals surface area (Å²) in [7, 11) is 1.45. The molecule has 0 saturated carbocycles. The van der Waals surface area contributed by atoms with Gasteiger partial charge < -0.3 is 14.6 Å². The van der Waals surface area contributed by atoms with Crippen molar-refractivity contribution >= 4 is 11.8 Å². The Balaban J connectivity index is 2.67. The number of carbonyl (C=O) groups excluding carboxylic acids is 1. The number of ether oxygens (including phenoxy) is 2. The van der Waals surface area contributed by atoms with Crippen molar-refractivity contribution < 1.29 is 24.2 Å². The Kier molecular flexibility index (Phi) is 7.06. The highest BCUT2D eigenvalue weighted by Crippen LogP contribution is 2.28. The molecule has 1 N–H and O–H groups in total. The van der Waals surface area contributed by atoms with Crippen molar-refractivity contribution in [2.75, 3.05) is 13.7 Å². The van der Waals surface area contributed by atoms with Crippen LogP contribution in [0.5, 0.6) is 11.5 Å². The van der Waals surface area contributed by atoms with Gasteiger partial charge in [0.1, 0.15) is 6.61 Å². The molecular formula is C18H22O5. The number of allylic oxidation sites excluding steroid dienone is 3. The van der Waals surface area contributed by atoms with Gasteiger partial charge in [-0.1, -0.05) is 11.1 Å². The number of aromatic carboxylic acids is 1. The molecule has 0 unspecified atom stereocenters. The van der Waals surface area contributed by atoms with Crippen molar-refractivity contribution in [1.29, 1.82) is 0 Å². The van der Waals surface area contributed by atoms with Crippen LogP contribution in [0.3, 0.4) is 0 Å². The maximum atomic E-state index is 11.7.